The highest BCUT2D eigenvalue weighted by Gasteiger charge is 1.94. The van der Waals surface area contributed by atoms with Crippen molar-refractivity contribution in [1.82, 2.24) is 0 Å². The SMILES string of the molecule is OC(O)CO[SiH2]CCCl. The Hall–Kier alpha value is 0.387. The largest absolute Gasteiger partial charge is 0.419 e. The van der Waals surface area contributed by atoms with Gasteiger partial charge < -0.3 is 14.6 Å². The second kappa shape index (κ2) is 6.51. The first kappa shape index (κ1) is 9.39. The van der Waals surface area contributed by atoms with Gasteiger partial charge in [0.1, 0.15) is 0 Å². The van der Waals surface area contributed by atoms with Crippen LogP contribution in [-0.4, -0.2) is 38.8 Å². The lowest BCUT2D eigenvalue weighted by molar-refractivity contribution is -0.0678. The molecular weight excluding hydrogens is 160 g/mol. The summed E-state index contributed by atoms with van der Waals surface area (Å²) in [6.07, 6.45) is -1.33. The molecule has 0 aromatic carbocycles. The van der Waals surface area contributed by atoms with E-state index in [2.05, 4.69) is 0 Å². The number of aliphatic hydroxyl groups excluding tert-OH is 1. The van der Waals surface area contributed by atoms with Crippen molar-refractivity contribution in [3.05, 3.63) is 0 Å². The van der Waals surface area contributed by atoms with Gasteiger partial charge in [-0.25, -0.2) is 0 Å². The molecule has 0 spiro atoms. The standard InChI is InChI=1S/C4H11ClO3Si/c5-1-2-9-8-3-4(6)7/h4,6-7H,1-3,9H2. The van der Waals surface area contributed by atoms with Crippen LogP contribution in [0.15, 0.2) is 0 Å². The molecule has 0 aliphatic rings. The van der Waals surface area contributed by atoms with E-state index in [4.69, 9.17) is 26.2 Å². The fourth-order valence-corrected chi connectivity index (χ4v) is 1.36. The molecule has 0 heterocycles. The summed E-state index contributed by atoms with van der Waals surface area (Å²) in [5.74, 6) is 0.605. The Morgan fingerprint density at radius 3 is 2.67 bits per heavy atom. The summed E-state index contributed by atoms with van der Waals surface area (Å²) in [5, 5.41) is 16.5. The zero-order valence-corrected chi connectivity index (χ0v) is 7.26. The summed E-state index contributed by atoms with van der Waals surface area (Å²) in [6, 6.07) is 0.883. The molecule has 3 nitrogen and oxygen atoms in total. The fraction of sp³-hybridized carbons (Fsp3) is 1.00. The Morgan fingerprint density at radius 1 is 1.56 bits per heavy atom. The Balaban J connectivity index is 2.75. The molecule has 0 aromatic heterocycles. The van der Waals surface area contributed by atoms with Crippen molar-refractivity contribution in [3.63, 3.8) is 0 Å². The van der Waals surface area contributed by atoms with Gasteiger partial charge in [0.15, 0.2) is 16.1 Å². The lowest BCUT2D eigenvalue weighted by atomic mass is 10.7. The van der Waals surface area contributed by atoms with Crippen molar-refractivity contribution in [2.24, 2.45) is 0 Å². The van der Waals surface area contributed by atoms with Gasteiger partial charge in [0.2, 0.25) is 0 Å². The minimum atomic E-state index is -1.33. The lowest BCUT2D eigenvalue weighted by Crippen LogP contribution is -2.15. The van der Waals surface area contributed by atoms with Crippen LogP contribution in [0.25, 0.3) is 0 Å². The Morgan fingerprint density at radius 2 is 2.22 bits per heavy atom. The van der Waals surface area contributed by atoms with Crippen LogP contribution in [0.1, 0.15) is 0 Å². The highest BCUT2D eigenvalue weighted by atomic mass is 35.5. The van der Waals surface area contributed by atoms with Gasteiger partial charge in [-0.2, -0.15) is 0 Å². The molecule has 0 atom stereocenters. The zero-order chi connectivity index (χ0) is 7.11. The Labute approximate surface area is 61.5 Å². The summed E-state index contributed by atoms with van der Waals surface area (Å²) >= 11 is 5.35. The van der Waals surface area contributed by atoms with Crippen LogP contribution >= 0.6 is 11.6 Å². The van der Waals surface area contributed by atoms with Crippen LogP contribution in [0, 0.1) is 0 Å². The van der Waals surface area contributed by atoms with Crippen molar-refractivity contribution in [1.29, 1.82) is 0 Å². The monoisotopic (exact) mass is 170 g/mol. The lowest BCUT2D eigenvalue weighted by Gasteiger charge is -2.02. The van der Waals surface area contributed by atoms with Gasteiger partial charge in [-0.15, -0.1) is 11.6 Å². The van der Waals surface area contributed by atoms with Crippen molar-refractivity contribution in [3.8, 4) is 0 Å². The number of halogens is 1. The third-order valence-electron chi connectivity index (χ3n) is 0.689. The van der Waals surface area contributed by atoms with E-state index >= 15 is 0 Å². The Bertz CT molecular complexity index is 61.8. The van der Waals surface area contributed by atoms with Crippen LogP contribution in [0.3, 0.4) is 0 Å². The first-order chi connectivity index (χ1) is 4.27. The number of alkyl halides is 1. The predicted octanol–water partition coefficient (Wildman–Crippen LogP) is -0.945. The van der Waals surface area contributed by atoms with Gasteiger partial charge in [-0.05, 0) is 6.04 Å². The molecule has 5 heteroatoms. The minimum absolute atomic E-state index is 0.0309. The average molecular weight is 171 g/mol. The normalized spacial score (nSPS) is 12.0. The van der Waals surface area contributed by atoms with Crippen molar-refractivity contribution < 1.29 is 14.6 Å². The number of hydrogen-bond donors (Lipinski definition) is 2. The molecule has 0 saturated carbocycles. The Kier molecular flexibility index (Phi) is 6.79. The predicted molar refractivity (Wildman–Crippen MR) is 38.2 cm³/mol. The van der Waals surface area contributed by atoms with Gasteiger partial charge >= 0.3 is 0 Å². The quantitative estimate of drug-likeness (QED) is 0.242. The molecule has 0 bridgehead atoms. The second-order valence-corrected chi connectivity index (χ2v) is 3.50. The summed E-state index contributed by atoms with van der Waals surface area (Å²) in [7, 11) is -0.583. The molecule has 56 valence electrons. The second-order valence-electron chi connectivity index (χ2n) is 1.60. The minimum Gasteiger partial charge on any atom is -0.419 e. The van der Waals surface area contributed by atoms with E-state index in [1.807, 2.05) is 0 Å². The molecule has 0 unspecified atom stereocenters. The molecule has 0 aliphatic carbocycles. The molecule has 0 aliphatic heterocycles. The van der Waals surface area contributed by atoms with E-state index in [9.17, 15) is 0 Å². The van der Waals surface area contributed by atoms with Crippen LogP contribution in [0.4, 0.5) is 0 Å². The molecule has 0 saturated heterocycles. The highest BCUT2D eigenvalue weighted by Crippen LogP contribution is 1.85. The van der Waals surface area contributed by atoms with E-state index in [1.165, 1.54) is 0 Å². The van der Waals surface area contributed by atoms with E-state index in [0.29, 0.717) is 5.88 Å². The summed E-state index contributed by atoms with van der Waals surface area (Å²) in [5.41, 5.74) is 0. The molecule has 0 rings (SSSR count). The molecular formula is C4H11ClO3Si. The van der Waals surface area contributed by atoms with Crippen molar-refractivity contribution in [2.75, 3.05) is 12.5 Å². The van der Waals surface area contributed by atoms with Gasteiger partial charge in [0.25, 0.3) is 0 Å². The van der Waals surface area contributed by atoms with E-state index in [0.717, 1.165) is 6.04 Å². The number of rotatable bonds is 5. The fourth-order valence-electron chi connectivity index (χ4n) is 0.345. The first-order valence-electron chi connectivity index (χ1n) is 2.77. The zero-order valence-electron chi connectivity index (χ0n) is 5.09. The van der Waals surface area contributed by atoms with Gasteiger partial charge in [-0.3, -0.25) is 0 Å². The smallest absolute Gasteiger partial charge is 0.174 e. The number of hydrogen-bond acceptors (Lipinski definition) is 3. The average Bonchev–Trinajstić information content (AvgIpc) is 1.80. The third-order valence-corrected chi connectivity index (χ3v) is 2.57. The van der Waals surface area contributed by atoms with Crippen LogP contribution in [0.2, 0.25) is 6.04 Å². The highest BCUT2D eigenvalue weighted by molar-refractivity contribution is 6.31. The molecule has 0 fully saturated rings. The molecule has 2 N–H and O–H groups in total. The summed E-state index contributed by atoms with van der Waals surface area (Å²) in [4.78, 5) is 0. The van der Waals surface area contributed by atoms with Crippen LogP contribution < -0.4 is 0 Å². The molecule has 0 radical (unpaired) electrons. The van der Waals surface area contributed by atoms with Crippen molar-refractivity contribution >= 4 is 21.4 Å². The molecule has 0 amide bonds. The topological polar surface area (TPSA) is 49.7 Å². The maximum Gasteiger partial charge on any atom is 0.174 e. The third kappa shape index (κ3) is 8.39. The molecule has 0 aromatic rings. The first-order valence-corrected chi connectivity index (χ1v) is 4.88. The van der Waals surface area contributed by atoms with Crippen LogP contribution in [-0.2, 0) is 4.43 Å². The molecule has 9 heavy (non-hydrogen) atoms. The number of aliphatic hydroxyl groups is 2. The summed E-state index contributed by atoms with van der Waals surface area (Å²) < 4.78 is 4.89. The van der Waals surface area contributed by atoms with Gasteiger partial charge in [0, 0.05) is 5.88 Å². The van der Waals surface area contributed by atoms with Crippen molar-refractivity contribution in [2.45, 2.75) is 12.3 Å². The van der Waals surface area contributed by atoms with Gasteiger partial charge in [0.05, 0.1) is 6.61 Å². The van der Waals surface area contributed by atoms with E-state index < -0.39 is 16.1 Å². The van der Waals surface area contributed by atoms with Gasteiger partial charge in [-0.1, -0.05) is 0 Å². The van der Waals surface area contributed by atoms with E-state index in [-0.39, 0.29) is 6.61 Å². The van der Waals surface area contributed by atoms with Crippen LogP contribution in [0.5, 0.6) is 0 Å². The maximum absolute atomic E-state index is 8.27. The van der Waals surface area contributed by atoms with E-state index in [1.54, 1.807) is 0 Å². The summed E-state index contributed by atoms with van der Waals surface area (Å²) in [6.45, 7) is 0.0309. The maximum atomic E-state index is 8.27.